The van der Waals surface area contributed by atoms with Crippen molar-refractivity contribution < 1.29 is 0 Å². The molecule has 0 aliphatic carbocycles. The minimum absolute atomic E-state index is 0.172. The van der Waals surface area contributed by atoms with Gasteiger partial charge in [-0.05, 0) is 36.2 Å². The maximum Gasteiger partial charge on any atom is 0.267 e. The van der Waals surface area contributed by atoms with Crippen LogP contribution in [0.3, 0.4) is 0 Å². The fourth-order valence-corrected chi connectivity index (χ4v) is 1.41. The van der Waals surface area contributed by atoms with Gasteiger partial charge in [-0.2, -0.15) is 0 Å². The lowest BCUT2D eigenvalue weighted by Crippen LogP contribution is -2.12. The lowest BCUT2D eigenvalue weighted by atomic mass is 10.3. The summed E-state index contributed by atoms with van der Waals surface area (Å²) in [6.07, 6.45) is 4.44. The van der Waals surface area contributed by atoms with E-state index in [0.29, 0.717) is 10.3 Å². The zero-order valence-corrected chi connectivity index (χ0v) is 10.4. The fraction of sp³-hybridized carbons (Fsp3) is 0.400. The molecule has 1 heterocycles. The Labute approximate surface area is 96.9 Å². The van der Waals surface area contributed by atoms with Crippen LogP contribution in [-0.2, 0) is 0 Å². The zero-order valence-electron chi connectivity index (χ0n) is 8.80. The molecule has 0 aliphatic rings. The number of aromatic nitrogens is 2. The first-order chi connectivity index (χ1) is 7.11. The first-order valence-electron chi connectivity index (χ1n) is 4.71. The third-order valence-electron chi connectivity index (χ3n) is 1.79. The Kier molecular flexibility index (Phi) is 4.55. The van der Waals surface area contributed by atoms with Crippen LogP contribution in [0.1, 0.15) is 20.3 Å². The van der Waals surface area contributed by atoms with Gasteiger partial charge in [-0.3, -0.25) is 4.79 Å². The molecule has 0 saturated heterocycles. The molecule has 0 amide bonds. The maximum absolute atomic E-state index is 11.2. The predicted octanol–water partition coefficient (Wildman–Crippen LogP) is 2.30. The molecule has 0 radical (unpaired) electrons. The number of rotatable bonds is 4. The van der Waals surface area contributed by atoms with E-state index < -0.39 is 0 Å². The highest BCUT2D eigenvalue weighted by Gasteiger charge is 2.02. The smallest absolute Gasteiger partial charge is 0.267 e. The molecule has 0 spiro atoms. The highest BCUT2D eigenvalue weighted by molar-refractivity contribution is 9.10. The Bertz CT molecular complexity index is 407. The number of anilines is 1. The Morgan fingerprint density at radius 2 is 2.40 bits per heavy atom. The number of allylic oxidation sites excluding steroid dienone is 1. The average Bonchev–Trinajstić information content (AvgIpc) is 2.18. The van der Waals surface area contributed by atoms with E-state index in [0.717, 1.165) is 13.0 Å². The lowest BCUT2D eigenvalue weighted by Gasteiger charge is -2.04. The second-order valence-electron chi connectivity index (χ2n) is 3.39. The lowest BCUT2D eigenvalue weighted by molar-refractivity contribution is 1.01. The zero-order chi connectivity index (χ0) is 11.3. The molecular weight excluding hydrogens is 258 g/mol. The first kappa shape index (κ1) is 12.0. The van der Waals surface area contributed by atoms with E-state index in [1.807, 2.05) is 0 Å². The van der Waals surface area contributed by atoms with E-state index in [1.54, 1.807) is 0 Å². The fourth-order valence-electron chi connectivity index (χ4n) is 1.06. The number of hydrogen-bond acceptors (Lipinski definition) is 3. The van der Waals surface area contributed by atoms with Crippen LogP contribution in [0.25, 0.3) is 0 Å². The van der Waals surface area contributed by atoms with Crippen molar-refractivity contribution in [3.63, 3.8) is 0 Å². The second kappa shape index (κ2) is 5.70. The molecule has 0 aromatic carbocycles. The van der Waals surface area contributed by atoms with E-state index in [1.165, 1.54) is 11.9 Å². The quantitative estimate of drug-likeness (QED) is 0.653. The van der Waals surface area contributed by atoms with E-state index >= 15 is 0 Å². The molecule has 15 heavy (non-hydrogen) atoms. The number of halogens is 1. The number of H-pyrrole nitrogens is 1. The summed E-state index contributed by atoms with van der Waals surface area (Å²) in [5.41, 5.74) is 1.12. The summed E-state index contributed by atoms with van der Waals surface area (Å²) < 4.78 is 0.446. The molecule has 1 aromatic heterocycles. The summed E-state index contributed by atoms with van der Waals surface area (Å²) >= 11 is 3.18. The summed E-state index contributed by atoms with van der Waals surface area (Å²) in [4.78, 5) is 17.7. The molecule has 0 unspecified atom stereocenters. The summed E-state index contributed by atoms with van der Waals surface area (Å²) in [5, 5.41) is 3.09. The molecule has 1 rings (SSSR count). The van der Waals surface area contributed by atoms with Gasteiger partial charge < -0.3 is 10.3 Å². The molecule has 4 nitrogen and oxygen atoms in total. The number of hydrogen-bond donors (Lipinski definition) is 2. The Balaban J connectivity index is 2.55. The SMILES string of the molecule is CC(C)=CCCNc1nc[nH]c(=O)c1Br. The van der Waals surface area contributed by atoms with Gasteiger partial charge in [-0.25, -0.2) is 4.98 Å². The van der Waals surface area contributed by atoms with Crippen molar-refractivity contribution in [1.29, 1.82) is 0 Å². The van der Waals surface area contributed by atoms with Gasteiger partial charge in [0, 0.05) is 6.54 Å². The largest absolute Gasteiger partial charge is 0.369 e. The third-order valence-corrected chi connectivity index (χ3v) is 2.52. The normalized spacial score (nSPS) is 9.80. The van der Waals surface area contributed by atoms with Crippen LogP contribution in [0.2, 0.25) is 0 Å². The Hall–Kier alpha value is -1.10. The van der Waals surface area contributed by atoms with Crippen LogP contribution < -0.4 is 10.9 Å². The number of nitrogens with zero attached hydrogens (tertiary/aromatic N) is 1. The topological polar surface area (TPSA) is 57.8 Å². The van der Waals surface area contributed by atoms with Crippen molar-refractivity contribution >= 4 is 21.7 Å². The van der Waals surface area contributed by atoms with Crippen molar-refractivity contribution in [2.24, 2.45) is 0 Å². The maximum atomic E-state index is 11.2. The van der Waals surface area contributed by atoms with Crippen molar-refractivity contribution in [3.8, 4) is 0 Å². The molecule has 5 heteroatoms. The van der Waals surface area contributed by atoms with Crippen LogP contribution >= 0.6 is 15.9 Å². The van der Waals surface area contributed by atoms with E-state index in [4.69, 9.17) is 0 Å². The van der Waals surface area contributed by atoms with Crippen LogP contribution in [0, 0.1) is 0 Å². The molecule has 1 aromatic rings. The molecule has 0 aliphatic heterocycles. The minimum atomic E-state index is -0.172. The van der Waals surface area contributed by atoms with Gasteiger partial charge in [0.05, 0.1) is 6.33 Å². The van der Waals surface area contributed by atoms with E-state index in [2.05, 4.69) is 51.1 Å². The van der Waals surface area contributed by atoms with Gasteiger partial charge in [-0.1, -0.05) is 11.6 Å². The Morgan fingerprint density at radius 1 is 1.67 bits per heavy atom. The van der Waals surface area contributed by atoms with Crippen molar-refractivity contribution in [2.45, 2.75) is 20.3 Å². The van der Waals surface area contributed by atoms with Gasteiger partial charge in [-0.15, -0.1) is 0 Å². The monoisotopic (exact) mass is 271 g/mol. The molecule has 0 bridgehead atoms. The highest BCUT2D eigenvalue weighted by atomic mass is 79.9. The van der Waals surface area contributed by atoms with Crippen molar-refractivity contribution in [2.75, 3.05) is 11.9 Å². The standard InChI is InChI=1S/C10H14BrN3O/c1-7(2)4-3-5-12-9-8(11)10(15)14-6-13-9/h4,6H,3,5H2,1-2H3,(H2,12,13,14,15). The molecule has 0 fully saturated rings. The molecule has 2 N–H and O–H groups in total. The van der Waals surface area contributed by atoms with E-state index in [9.17, 15) is 4.79 Å². The van der Waals surface area contributed by atoms with Gasteiger partial charge in [0.1, 0.15) is 10.3 Å². The van der Waals surface area contributed by atoms with Crippen molar-refractivity contribution in [3.05, 3.63) is 32.8 Å². The molecule has 82 valence electrons. The second-order valence-corrected chi connectivity index (χ2v) is 4.18. The average molecular weight is 272 g/mol. The van der Waals surface area contributed by atoms with E-state index in [-0.39, 0.29) is 5.56 Å². The van der Waals surface area contributed by atoms with Crippen LogP contribution in [0.5, 0.6) is 0 Å². The number of aromatic amines is 1. The minimum Gasteiger partial charge on any atom is -0.369 e. The summed E-state index contributed by atoms with van der Waals surface area (Å²) in [6.45, 7) is 4.88. The summed E-state index contributed by atoms with van der Waals surface area (Å²) in [5.74, 6) is 0.584. The van der Waals surface area contributed by atoms with Crippen LogP contribution in [-0.4, -0.2) is 16.5 Å². The molecule has 0 saturated carbocycles. The third kappa shape index (κ3) is 3.87. The van der Waals surface area contributed by atoms with Gasteiger partial charge in [0.25, 0.3) is 5.56 Å². The summed E-state index contributed by atoms with van der Waals surface area (Å²) in [7, 11) is 0. The van der Waals surface area contributed by atoms with Gasteiger partial charge >= 0.3 is 0 Å². The van der Waals surface area contributed by atoms with Gasteiger partial charge in [0.15, 0.2) is 0 Å². The molecular formula is C10H14BrN3O. The Morgan fingerprint density at radius 3 is 3.07 bits per heavy atom. The van der Waals surface area contributed by atoms with Gasteiger partial charge in [0.2, 0.25) is 0 Å². The molecule has 0 atom stereocenters. The predicted molar refractivity (Wildman–Crippen MR) is 65.1 cm³/mol. The first-order valence-corrected chi connectivity index (χ1v) is 5.51. The number of nitrogens with one attached hydrogen (secondary N) is 2. The van der Waals surface area contributed by atoms with Crippen molar-refractivity contribution in [1.82, 2.24) is 9.97 Å². The van der Waals surface area contributed by atoms with Crippen LogP contribution in [0.4, 0.5) is 5.82 Å². The van der Waals surface area contributed by atoms with Crippen LogP contribution in [0.15, 0.2) is 27.2 Å². The summed E-state index contributed by atoms with van der Waals surface area (Å²) in [6, 6.07) is 0. The highest BCUT2D eigenvalue weighted by Crippen LogP contribution is 2.12.